The molecule has 0 saturated heterocycles. The number of cyclic esters (lactones) is 1. The molecule has 144 valence electrons. The number of ether oxygens (including phenoxy) is 3. The summed E-state index contributed by atoms with van der Waals surface area (Å²) in [6.07, 6.45) is 1.41. The fourth-order valence-electron chi connectivity index (χ4n) is 2.38. The van der Waals surface area contributed by atoms with Crippen molar-refractivity contribution >= 4 is 23.6 Å². The fourth-order valence-corrected chi connectivity index (χ4v) is 2.38. The summed E-state index contributed by atoms with van der Waals surface area (Å²) in [4.78, 5) is 26.3. The van der Waals surface area contributed by atoms with Crippen molar-refractivity contribution in [3.8, 4) is 11.5 Å². The first kappa shape index (κ1) is 19.0. The Morgan fingerprint density at radius 2 is 1.89 bits per heavy atom. The van der Waals surface area contributed by atoms with Crippen LogP contribution in [0, 0.1) is 10.1 Å². The largest absolute Gasteiger partial charge is 0.493 e. The molecule has 2 aromatic carbocycles. The third-order valence-electron chi connectivity index (χ3n) is 3.65. The molecule has 3 rings (SSSR count). The molecule has 0 N–H and O–H groups in total. The molecule has 1 heterocycles. The van der Waals surface area contributed by atoms with Crippen LogP contribution in [0.1, 0.15) is 11.1 Å². The monoisotopic (exact) mass is 390 g/mol. The third-order valence-corrected chi connectivity index (χ3v) is 3.65. The molecule has 0 fully saturated rings. The van der Waals surface area contributed by atoms with Gasteiger partial charge in [-0.3, -0.25) is 10.1 Å². The first-order valence-corrected chi connectivity index (χ1v) is 7.77. The number of nitrogens with zero attached hydrogens (tertiary/aromatic N) is 2. The Labute approximate surface area is 156 Å². The van der Waals surface area contributed by atoms with E-state index in [9.17, 15) is 23.7 Å². The van der Waals surface area contributed by atoms with Crippen LogP contribution in [0.25, 0.3) is 6.08 Å². The summed E-state index contributed by atoms with van der Waals surface area (Å²) in [7, 11) is 1.28. The quantitative estimate of drug-likeness (QED) is 0.324. The van der Waals surface area contributed by atoms with Crippen molar-refractivity contribution in [2.75, 3.05) is 7.11 Å². The Morgan fingerprint density at radius 3 is 2.50 bits per heavy atom. The van der Waals surface area contributed by atoms with Gasteiger partial charge in [0.05, 0.1) is 12.0 Å². The predicted molar refractivity (Wildman–Crippen MR) is 93.3 cm³/mol. The van der Waals surface area contributed by atoms with Crippen LogP contribution in [0.15, 0.2) is 53.2 Å². The van der Waals surface area contributed by atoms with Gasteiger partial charge >= 0.3 is 12.6 Å². The number of benzene rings is 2. The van der Waals surface area contributed by atoms with Crippen LogP contribution in [0.4, 0.5) is 14.5 Å². The second kappa shape index (κ2) is 7.82. The summed E-state index contributed by atoms with van der Waals surface area (Å²) >= 11 is 0. The molecule has 2 aromatic rings. The Kier molecular flexibility index (Phi) is 5.30. The number of non-ortho nitro benzene ring substituents is 1. The molecule has 0 aromatic heterocycles. The predicted octanol–water partition coefficient (Wildman–Crippen LogP) is 3.55. The van der Waals surface area contributed by atoms with Gasteiger partial charge in [0.2, 0.25) is 5.90 Å². The molecule has 0 amide bonds. The number of nitro benzene ring substituents is 1. The number of hydrogen-bond donors (Lipinski definition) is 0. The molecule has 0 unspecified atom stereocenters. The topological polar surface area (TPSA) is 100 Å². The van der Waals surface area contributed by atoms with Gasteiger partial charge in [0, 0.05) is 17.7 Å². The maximum atomic E-state index is 12.4. The number of rotatable bonds is 6. The molecule has 1 aliphatic heterocycles. The SMILES string of the molecule is COc1cc(C2=N/C(=C\c3ccc([N+](=O)[O-])cc3)C(=O)O2)ccc1OC(F)F. The lowest BCUT2D eigenvalue weighted by Gasteiger charge is -2.10. The lowest BCUT2D eigenvalue weighted by Crippen LogP contribution is -2.07. The standard InChI is InChI=1S/C18H12F2N2O6/c1-26-15-9-11(4-7-14(15)27-18(19)20)16-21-13(17(23)28-16)8-10-2-5-12(6-3-10)22(24)25/h2-9,18H,1H3/b13-8-. The number of alkyl halides is 2. The Balaban J connectivity index is 1.88. The highest BCUT2D eigenvalue weighted by molar-refractivity contribution is 6.13. The summed E-state index contributed by atoms with van der Waals surface area (Å²) in [6.45, 7) is -3.02. The average Bonchev–Trinajstić information content (AvgIpc) is 3.02. The number of nitro groups is 1. The Morgan fingerprint density at radius 1 is 1.18 bits per heavy atom. The van der Waals surface area contributed by atoms with E-state index in [1.54, 1.807) is 0 Å². The lowest BCUT2D eigenvalue weighted by molar-refractivity contribution is -0.384. The van der Waals surface area contributed by atoms with Crippen LogP contribution >= 0.6 is 0 Å². The van der Waals surface area contributed by atoms with E-state index in [-0.39, 0.29) is 28.8 Å². The van der Waals surface area contributed by atoms with E-state index in [0.29, 0.717) is 11.1 Å². The van der Waals surface area contributed by atoms with Crippen LogP contribution in [0.3, 0.4) is 0 Å². The highest BCUT2D eigenvalue weighted by atomic mass is 19.3. The van der Waals surface area contributed by atoms with Gasteiger partial charge in [-0.15, -0.1) is 0 Å². The summed E-state index contributed by atoms with van der Waals surface area (Å²) in [5.74, 6) is -0.919. The number of hydrogen-bond acceptors (Lipinski definition) is 7. The van der Waals surface area contributed by atoms with E-state index in [2.05, 4.69) is 9.73 Å². The van der Waals surface area contributed by atoms with Gasteiger partial charge in [0.1, 0.15) is 0 Å². The van der Waals surface area contributed by atoms with Gasteiger partial charge < -0.3 is 14.2 Å². The lowest BCUT2D eigenvalue weighted by atomic mass is 10.2. The second-order valence-electron chi connectivity index (χ2n) is 5.43. The zero-order valence-electron chi connectivity index (χ0n) is 14.3. The van der Waals surface area contributed by atoms with Crippen LogP contribution in [0.2, 0.25) is 0 Å². The van der Waals surface area contributed by atoms with Crippen molar-refractivity contribution in [1.82, 2.24) is 0 Å². The Hall–Kier alpha value is -3.82. The van der Waals surface area contributed by atoms with Gasteiger partial charge in [-0.05, 0) is 42.0 Å². The molecule has 0 saturated carbocycles. The van der Waals surface area contributed by atoms with E-state index >= 15 is 0 Å². The molecular weight excluding hydrogens is 378 g/mol. The number of esters is 1. The minimum absolute atomic E-state index is 0.0178. The molecule has 0 radical (unpaired) electrons. The third kappa shape index (κ3) is 4.11. The maximum absolute atomic E-state index is 12.4. The van der Waals surface area contributed by atoms with Crippen molar-refractivity contribution in [2.45, 2.75) is 6.61 Å². The molecule has 0 atom stereocenters. The number of carbonyl (C=O) groups is 1. The molecule has 0 aliphatic carbocycles. The minimum Gasteiger partial charge on any atom is -0.493 e. The first-order chi connectivity index (χ1) is 13.4. The van der Waals surface area contributed by atoms with Crippen LogP contribution in [0.5, 0.6) is 11.5 Å². The van der Waals surface area contributed by atoms with Crippen molar-refractivity contribution in [2.24, 2.45) is 4.99 Å². The zero-order valence-corrected chi connectivity index (χ0v) is 14.3. The van der Waals surface area contributed by atoms with Crippen molar-refractivity contribution in [1.29, 1.82) is 0 Å². The minimum atomic E-state index is -3.02. The summed E-state index contributed by atoms with van der Waals surface area (Å²) in [6, 6.07) is 9.50. The number of halogens is 2. The first-order valence-electron chi connectivity index (χ1n) is 7.77. The summed E-state index contributed by atoms with van der Waals surface area (Å²) < 4.78 is 39.2. The molecule has 0 bridgehead atoms. The average molecular weight is 390 g/mol. The van der Waals surface area contributed by atoms with Crippen molar-refractivity contribution < 1.29 is 32.7 Å². The molecular formula is C18H12F2N2O6. The molecule has 28 heavy (non-hydrogen) atoms. The molecule has 10 heteroatoms. The van der Waals surface area contributed by atoms with Gasteiger partial charge in [-0.25, -0.2) is 9.79 Å². The molecule has 8 nitrogen and oxygen atoms in total. The number of aliphatic imine (C=N–C) groups is 1. The van der Waals surface area contributed by atoms with Crippen LogP contribution in [-0.2, 0) is 9.53 Å². The van der Waals surface area contributed by atoms with E-state index < -0.39 is 17.5 Å². The van der Waals surface area contributed by atoms with Crippen molar-refractivity contribution in [3.63, 3.8) is 0 Å². The van der Waals surface area contributed by atoms with E-state index in [4.69, 9.17) is 9.47 Å². The Bertz CT molecular complexity index is 986. The number of carbonyl (C=O) groups excluding carboxylic acids is 1. The number of methoxy groups -OCH3 is 1. The van der Waals surface area contributed by atoms with E-state index in [1.165, 1.54) is 55.7 Å². The van der Waals surface area contributed by atoms with Gasteiger partial charge in [0.15, 0.2) is 17.2 Å². The highest BCUT2D eigenvalue weighted by Crippen LogP contribution is 2.31. The van der Waals surface area contributed by atoms with E-state index in [1.807, 2.05) is 0 Å². The smallest absolute Gasteiger partial charge is 0.387 e. The zero-order chi connectivity index (χ0) is 20.3. The van der Waals surface area contributed by atoms with Crippen molar-refractivity contribution in [3.05, 3.63) is 69.4 Å². The molecule has 1 aliphatic rings. The van der Waals surface area contributed by atoms with Gasteiger partial charge in [-0.2, -0.15) is 8.78 Å². The second-order valence-corrected chi connectivity index (χ2v) is 5.43. The molecule has 0 spiro atoms. The fraction of sp³-hybridized carbons (Fsp3) is 0.111. The van der Waals surface area contributed by atoms with Crippen LogP contribution < -0.4 is 9.47 Å². The summed E-state index contributed by atoms with van der Waals surface area (Å²) in [5, 5.41) is 10.7. The van der Waals surface area contributed by atoms with Gasteiger partial charge in [-0.1, -0.05) is 0 Å². The summed E-state index contributed by atoms with van der Waals surface area (Å²) in [5.41, 5.74) is 0.731. The van der Waals surface area contributed by atoms with E-state index in [0.717, 1.165) is 0 Å². The highest BCUT2D eigenvalue weighted by Gasteiger charge is 2.25. The maximum Gasteiger partial charge on any atom is 0.387 e. The van der Waals surface area contributed by atoms with Crippen LogP contribution in [-0.4, -0.2) is 30.5 Å². The normalized spacial score (nSPS) is 14.8. The van der Waals surface area contributed by atoms with Gasteiger partial charge in [0.25, 0.3) is 5.69 Å².